The highest BCUT2D eigenvalue weighted by Crippen LogP contribution is 2.02. The summed E-state index contributed by atoms with van der Waals surface area (Å²) in [7, 11) is 0. The molecule has 0 aromatic heterocycles. The standard InChI is InChI=1S/C15H33N5/c1-4-19-9-11-20(12-10-19)8-6-5-7-17-15(16)18-13-14(2)3/h14H,4-13H2,1-3H3,(H3,16,17,18). The van der Waals surface area contributed by atoms with Crippen LogP contribution in [0.3, 0.4) is 0 Å². The number of hydrogen-bond acceptors (Lipinski definition) is 3. The fraction of sp³-hybridized carbons (Fsp3) is 0.933. The van der Waals surface area contributed by atoms with Gasteiger partial charge in [-0.1, -0.05) is 20.8 Å². The highest BCUT2D eigenvalue weighted by Gasteiger charge is 2.14. The average molecular weight is 283 g/mol. The Morgan fingerprint density at radius 1 is 1.15 bits per heavy atom. The molecule has 0 aromatic carbocycles. The normalized spacial score (nSPS) is 18.7. The van der Waals surface area contributed by atoms with Crippen molar-refractivity contribution in [2.75, 3.05) is 52.4 Å². The Kier molecular flexibility index (Phi) is 8.62. The summed E-state index contributed by atoms with van der Waals surface area (Å²) in [6.07, 6.45) is 2.39. The maximum absolute atomic E-state index is 5.80. The topological polar surface area (TPSA) is 56.9 Å². The molecule has 5 heteroatoms. The molecular formula is C15H33N5. The van der Waals surface area contributed by atoms with Gasteiger partial charge in [0.15, 0.2) is 5.96 Å². The lowest BCUT2D eigenvalue weighted by molar-refractivity contribution is 0.136. The third kappa shape index (κ3) is 7.70. The summed E-state index contributed by atoms with van der Waals surface area (Å²) in [6, 6.07) is 0. The third-order valence-electron chi connectivity index (χ3n) is 3.75. The SMILES string of the molecule is CCN1CCN(CCCCNC(N)=NCC(C)C)CC1. The Labute approximate surface area is 124 Å². The van der Waals surface area contributed by atoms with E-state index < -0.39 is 0 Å². The zero-order chi connectivity index (χ0) is 14.8. The van der Waals surface area contributed by atoms with Gasteiger partial charge in [-0.2, -0.15) is 0 Å². The second-order valence-corrected chi connectivity index (χ2v) is 6.03. The van der Waals surface area contributed by atoms with Gasteiger partial charge in [-0.15, -0.1) is 0 Å². The van der Waals surface area contributed by atoms with E-state index in [1.165, 1.54) is 45.7 Å². The Bertz CT molecular complexity index is 269. The minimum absolute atomic E-state index is 0.567. The van der Waals surface area contributed by atoms with E-state index in [0.29, 0.717) is 11.9 Å². The molecule has 20 heavy (non-hydrogen) atoms. The maximum atomic E-state index is 5.80. The van der Waals surface area contributed by atoms with Crippen LogP contribution < -0.4 is 11.1 Å². The van der Waals surface area contributed by atoms with Crippen molar-refractivity contribution in [1.29, 1.82) is 0 Å². The highest BCUT2D eigenvalue weighted by atomic mass is 15.3. The number of nitrogens with zero attached hydrogens (tertiary/aromatic N) is 3. The van der Waals surface area contributed by atoms with Crippen LogP contribution in [0.15, 0.2) is 4.99 Å². The molecule has 1 fully saturated rings. The van der Waals surface area contributed by atoms with Gasteiger partial charge >= 0.3 is 0 Å². The largest absolute Gasteiger partial charge is 0.370 e. The summed E-state index contributed by atoms with van der Waals surface area (Å²) < 4.78 is 0. The fourth-order valence-electron chi connectivity index (χ4n) is 2.34. The molecule has 0 bridgehead atoms. The zero-order valence-corrected chi connectivity index (χ0v) is 13.6. The van der Waals surface area contributed by atoms with Crippen LogP contribution in [0.5, 0.6) is 0 Å². The smallest absolute Gasteiger partial charge is 0.188 e. The van der Waals surface area contributed by atoms with Crippen molar-refractivity contribution in [2.24, 2.45) is 16.6 Å². The number of aliphatic imine (C=N–C) groups is 1. The summed E-state index contributed by atoms with van der Waals surface area (Å²) in [6.45, 7) is 15.6. The first kappa shape index (κ1) is 17.2. The first-order valence-corrected chi connectivity index (χ1v) is 8.10. The molecule has 0 saturated carbocycles. The summed E-state index contributed by atoms with van der Waals surface area (Å²) in [5, 5.41) is 3.19. The van der Waals surface area contributed by atoms with E-state index >= 15 is 0 Å². The van der Waals surface area contributed by atoms with E-state index in [1.807, 2.05) is 0 Å². The predicted octanol–water partition coefficient (Wildman–Crippen LogP) is 0.964. The Morgan fingerprint density at radius 3 is 2.40 bits per heavy atom. The Morgan fingerprint density at radius 2 is 1.80 bits per heavy atom. The van der Waals surface area contributed by atoms with Crippen LogP contribution >= 0.6 is 0 Å². The summed E-state index contributed by atoms with van der Waals surface area (Å²) in [5.74, 6) is 1.16. The molecule has 0 aromatic rings. The lowest BCUT2D eigenvalue weighted by Crippen LogP contribution is -2.46. The van der Waals surface area contributed by atoms with Crippen molar-refractivity contribution < 1.29 is 0 Å². The van der Waals surface area contributed by atoms with Gasteiger partial charge in [0.05, 0.1) is 0 Å². The summed E-state index contributed by atoms with van der Waals surface area (Å²) >= 11 is 0. The van der Waals surface area contributed by atoms with Crippen LogP contribution in [-0.4, -0.2) is 68.1 Å². The quantitative estimate of drug-likeness (QED) is 0.396. The second kappa shape index (κ2) is 10.00. The Hall–Kier alpha value is -0.810. The van der Waals surface area contributed by atoms with Gasteiger partial charge in [0.2, 0.25) is 0 Å². The number of hydrogen-bond donors (Lipinski definition) is 2. The number of nitrogens with two attached hydrogens (primary N) is 1. The highest BCUT2D eigenvalue weighted by molar-refractivity contribution is 5.77. The summed E-state index contributed by atoms with van der Waals surface area (Å²) in [5.41, 5.74) is 5.80. The molecule has 5 nitrogen and oxygen atoms in total. The van der Waals surface area contributed by atoms with Gasteiger partial charge in [0.1, 0.15) is 0 Å². The fourth-order valence-corrected chi connectivity index (χ4v) is 2.34. The van der Waals surface area contributed by atoms with Crippen molar-refractivity contribution in [2.45, 2.75) is 33.6 Å². The summed E-state index contributed by atoms with van der Waals surface area (Å²) in [4.78, 5) is 9.39. The van der Waals surface area contributed by atoms with E-state index in [2.05, 4.69) is 40.9 Å². The molecule has 3 N–H and O–H groups in total. The molecule has 1 aliphatic rings. The molecule has 1 rings (SSSR count). The van der Waals surface area contributed by atoms with E-state index in [9.17, 15) is 0 Å². The van der Waals surface area contributed by atoms with Gasteiger partial charge in [-0.25, -0.2) is 0 Å². The van der Waals surface area contributed by atoms with Crippen LogP contribution in [0.2, 0.25) is 0 Å². The van der Waals surface area contributed by atoms with Crippen molar-refractivity contribution >= 4 is 5.96 Å². The number of unbranched alkanes of at least 4 members (excludes halogenated alkanes) is 1. The lowest BCUT2D eigenvalue weighted by Gasteiger charge is -2.33. The van der Waals surface area contributed by atoms with Crippen LogP contribution in [0.4, 0.5) is 0 Å². The van der Waals surface area contributed by atoms with E-state index in [0.717, 1.165) is 19.5 Å². The molecule has 0 amide bonds. The van der Waals surface area contributed by atoms with Crippen LogP contribution in [0.1, 0.15) is 33.6 Å². The van der Waals surface area contributed by atoms with E-state index in [4.69, 9.17) is 5.73 Å². The molecule has 0 unspecified atom stereocenters. The van der Waals surface area contributed by atoms with Crippen molar-refractivity contribution in [3.63, 3.8) is 0 Å². The second-order valence-electron chi connectivity index (χ2n) is 6.03. The van der Waals surface area contributed by atoms with Gasteiger partial charge in [-0.05, 0) is 31.8 Å². The molecule has 0 radical (unpaired) electrons. The van der Waals surface area contributed by atoms with Gasteiger partial charge in [-0.3, -0.25) is 4.99 Å². The number of piperazine rings is 1. The maximum Gasteiger partial charge on any atom is 0.188 e. The van der Waals surface area contributed by atoms with Crippen LogP contribution in [0, 0.1) is 5.92 Å². The zero-order valence-electron chi connectivity index (χ0n) is 13.6. The molecular weight excluding hydrogens is 250 g/mol. The van der Waals surface area contributed by atoms with Gasteiger partial charge in [0.25, 0.3) is 0 Å². The van der Waals surface area contributed by atoms with E-state index in [1.54, 1.807) is 0 Å². The molecule has 1 heterocycles. The van der Waals surface area contributed by atoms with Gasteiger partial charge < -0.3 is 20.9 Å². The number of nitrogens with one attached hydrogen (secondary N) is 1. The predicted molar refractivity (Wildman–Crippen MR) is 87.1 cm³/mol. The molecule has 0 spiro atoms. The minimum Gasteiger partial charge on any atom is -0.370 e. The molecule has 118 valence electrons. The lowest BCUT2D eigenvalue weighted by atomic mass is 10.2. The minimum atomic E-state index is 0.567. The third-order valence-corrected chi connectivity index (χ3v) is 3.75. The Balaban J connectivity index is 1.98. The first-order valence-electron chi connectivity index (χ1n) is 8.10. The van der Waals surface area contributed by atoms with E-state index in [-0.39, 0.29) is 0 Å². The van der Waals surface area contributed by atoms with Crippen molar-refractivity contribution in [3.8, 4) is 0 Å². The molecule has 0 atom stereocenters. The number of rotatable bonds is 8. The first-order chi connectivity index (χ1) is 9.61. The monoisotopic (exact) mass is 283 g/mol. The number of likely N-dealkylation sites (N-methyl/N-ethyl adjacent to an activating group) is 1. The van der Waals surface area contributed by atoms with Crippen molar-refractivity contribution in [3.05, 3.63) is 0 Å². The van der Waals surface area contributed by atoms with Crippen LogP contribution in [-0.2, 0) is 0 Å². The van der Waals surface area contributed by atoms with Gasteiger partial charge in [0, 0.05) is 39.3 Å². The van der Waals surface area contributed by atoms with Crippen LogP contribution in [0.25, 0.3) is 0 Å². The average Bonchev–Trinajstić information content (AvgIpc) is 2.45. The molecule has 1 aliphatic heterocycles. The molecule has 0 aliphatic carbocycles. The molecule has 1 saturated heterocycles. The van der Waals surface area contributed by atoms with Crippen molar-refractivity contribution in [1.82, 2.24) is 15.1 Å². The number of guanidine groups is 1.